The van der Waals surface area contributed by atoms with Crippen LogP contribution in [0.1, 0.15) is 5.82 Å². The third-order valence-corrected chi connectivity index (χ3v) is 2.10. The summed E-state index contributed by atoms with van der Waals surface area (Å²) in [5, 5.41) is 6.56. The SMILES string of the molecule is Cn1cc(Nc2cc(NN)nc(C(F)(F)F)n2)cn1. The van der Waals surface area contributed by atoms with E-state index in [2.05, 4.69) is 25.8 Å². The zero-order valence-corrected chi connectivity index (χ0v) is 9.73. The van der Waals surface area contributed by atoms with E-state index in [0.717, 1.165) is 0 Å². The monoisotopic (exact) mass is 273 g/mol. The highest BCUT2D eigenvalue weighted by atomic mass is 19.4. The number of alkyl halides is 3. The van der Waals surface area contributed by atoms with E-state index in [4.69, 9.17) is 5.84 Å². The summed E-state index contributed by atoms with van der Waals surface area (Å²) in [5.41, 5.74) is 2.56. The van der Waals surface area contributed by atoms with Crippen molar-refractivity contribution in [3.63, 3.8) is 0 Å². The standard InChI is InChI=1S/C9H10F3N7/c1-19-4-5(3-14-19)15-6-2-7(18-13)17-8(16-6)9(10,11)12/h2-4H,13H2,1H3,(H2,15,16,17,18). The van der Waals surface area contributed by atoms with Crippen molar-refractivity contribution in [3.8, 4) is 0 Å². The van der Waals surface area contributed by atoms with Crippen LogP contribution in [0.15, 0.2) is 18.5 Å². The number of hydrazine groups is 1. The highest BCUT2D eigenvalue weighted by molar-refractivity contribution is 5.57. The lowest BCUT2D eigenvalue weighted by molar-refractivity contribution is -0.144. The number of aryl methyl sites for hydroxylation is 1. The van der Waals surface area contributed by atoms with Gasteiger partial charge in [0, 0.05) is 19.3 Å². The summed E-state index contributed by atoms with van der Waals surface area (Å²) in [7, 11) is 1.68. The molecule has 0 unspecified atom stereocenters. The van der Waals surface area contributed by atoms with Crippen LogP contribution in [0.3, 0.4) is 0 Å². The van der Waals surface area contributed by atoms with Crippen LogP contribution in [0.4, 0.5) is 30.5 Å². The first-order valence-corrected chi connectivity index (χ1v) is 5.07. The molecule has 0 atom stereocenters. The van der Waals surface area contributed by atoms with Crippen molar-refractivity contribution in [2.75, 3.05) is 10.7 Å². The first kappa shape index (κ1) is 13.1. The number of nitrogens with two attached hydrogens (primary N) is 1. The molecule has 2 heterocycles. The molecule has 0 saturated carbocycles. The molecule has 0 saturated heterocycles. The largest absolute Gasteiger partial charge is 0.451 e. The fourth-order valence-electron chi connectivity index (χ4n) is 1.35. The lowest BCUT2D eigenvalue weighted by atomic mass is 10.4. The normalized spacial score (nSPS) is 11.4. The minimum Gasteiger partial charge on any atom is -0.337 e. The Bertz CT molecular complexity index is 577. The molecule has 2 aromatic heterocycles. The molecule has 4 N–H and O–H groups in total. The number of anilines is 3. The second kappa shape index (κ2) is 4.72. The quantitative estimate of drug-likeness (QED) is 0.575. The Balaban J connectivity index is 2.34. The molecule has 0 aliphatic heterocycles. The van der Waals surface area contributed by atoms with E-state index in [-0.39, 0.29) is 11.6 Å². The van der Waals surface area contributed by atoms with Gasteiger partial charge in [-0.3, -0.25) is 4.68 Å². The maximum absolute atomic E-state index is 12.6. The molecule has 7 nitrogen and oxygen atoms in total. The summed E-state index contributed by atoms with van der Waals surface area (Å²) in [5.74, 6) is 3.61. The van der Waals surface area contributed by atoms with Gasteiger partial charge in [0.2, 0.25) is 5.82 Å². The van der Waals surface area contributed by atoms with Crippen molar-refractivity contribution >= 4 is 17.3 Å². The first-order valence-electron chi connectivity index (χ1n) is 5.07. The van der Waals surface area contributed by atoms with Gasteiger partial charge in [-0.1, -0.05) is 0 Å². The zero-order valence-electron chi connectivity index (χ0n) is 9.73. The number of nitrogens with one attached hydrogen (secondary N) is 2. The Hall–Kier alpha value is -2.36. The first-order chi connectivity index (χ1) is 8.88. The van der Waals surface area contributed by atoms with Gasteiger partial charge in [0.05, 0.1) is 11.9 Å². The van der Waals surface area contributed by atoms with Crippen LogP contribution in [0.2, 0.25) is 0 Å². The van der Waals surface area contributed by atoms with E-state index in [9.17, 15) is 13.2 Å². The van der Waals surface area contributed by atoms with Crippen LogP contribution < -0.4 is 16.6 Å². The van der Waals surface area contributed by atoms with Gasteiger partial charge in [-0.25, -0.2) is 15.8 Å². The number of nitrogen functional groups attached to an aromatic ring is 1. The molecular weight excluding hydrogens is 263 g/mol. The average Bonchev–Trinajstić information content (AvgIpc) is 2.73. The van der Waals surface area contributed by atoms with Crippen LogP contribution >= 0.6 is 0 Å². The van der Waals surface area contributed by atoms with E-state index in [1.807, 2.05) is 0 Å². The summed E-state index contributed by atoms with van der Waals surface area (Å²) in [6, 6.07) is 1.25. The maximum Gasteiger partial charge on any atom is 0.451 e. The predicted octanol–water partition coefficient (Wildman–Crippen LogP) is 1.26. The molecular formula is C9H10F3N7. The second-order valence-corrected chi connectivity index (χ2v) is 3.63. The van der Waals surface area contributed by atoms with Crippen LogP contribution in [0.25, 0.3) is 0 Å². The van der Waals surface area contributed by atoms with Gasteiger partial charge < -0.3 is 10.7 Å². The molecule has 0 radical (unpaired) electrons. The number of aromatic nitrogens is 4. The number of halogens is 3. The molecule has 0 aromatic carbocycles. The molecule has 0 aliphatic carbocycles. The highest BCUT2D eigenvalue weighted by Gasteiger charge is 2.35. The summed E-state index contributed by atoms with van der Waals surface area (Å²) in [6.45, 7) is 0. The summed E-state index contributed by atoms with van der Waals surface area (Å²) >= 11 is 0. The Morgan fingerprint density at radius 3 is 2.47 bits per heavy atom. The Morgan fingerprint density at radius 1 is 1.26 bits per heavy atom. The van der Waals surface area contributed by atoms with Crippen LogP contribution in [0, 0.1) is 0 Å². The molecule has 0 amide bonds. The van der Waals surface area contributed by atoms with Crippen LogP contribution in [-0.2, 0) is 13.2 Å². The highest BCUT2D eigenvalue weighted by Crippen LogP contribution is 2.28. The van der Waals surface area contributed by atoms with E-state index < -0.39 is 12.0 Å². The molecule has 10 heteroatoms. The fraction of sp³-hybridized carbons (Fsp3) is 0.222. The molecule has 19 heavy (non-hydrogen) atoms. The molecule has 102 valence electrons. The molecule has 0 spiro atoms. The molecule has 0 aliphatic rings. The van der Waals surface area contributed by atoms with Gasteiger partial charge in [0.1, 0.15) is 11.6 Å². The summed E-state index contributed by atoms with van der Waals surface area (Å²) < 4.78 is 39.3. The third-order valence-electron chi connectivity index (χ3n) is 2.10. The van der Waals surface area contributed by atoms with E-state index in [1.54, 1.807) is 13.2 Å². The zero-order chi connectivity index (χ0) is 14.0. The van der Waals surface area contributed by atoms with Gasteiger partial charge in [-0.05, 0) is 0 Å². The van der Waals surface area contributed by atoms with Crippen molar-refractivity contribution in [2.45, 2.75) is 6.18 Å². The average molecular weight is 273 g/mol. The van der Waals surface area contributed by atoms with Gasteiger partial charge in [0.25, 0.3) is 0 Å². The van der Waals surface area contributed by atoms with Crippen LogP contribution in [-0.4, -0.2) is 19.7 Å². The minimum atomic E-state index is -4.65. The third kappa shape index (κ3) is 3.10. The van der Waals surface area contributed by atoms with Gasteiger partial charge >= 0.3 is 6.18 Å². The van der Waals surface area contributed by atoms with Crippen molar-refractivity contribution in [2.24, 2.45) is 12.9 Å². The minimum absolute atomic E-state index is 0.0386. The van der Waals surface area contributed by atoms with E-state index in [0.29, 0.717) is 5.69 Å². The van der Waals surface area contributed by atoms with Gasteiger partial charge in [-0.15, -0.1) is 0 Å². The number of rotatable bonds is 3. The van der Waals surface area contributed by atoms with E-state index >= 15 is 0 Å². The summed E-state index contributed by atoms with van der Waals surface area (Å²) in [4.78, 5) is 6.61. The van der Waals surface area contributed by atoms with Crippen molar-refractivity contribution in [3.05, 3.63) is 24.3 Å². The fourth-order valence-corrected chi connectivity index (χ4v) is 1.35. The van der Waals surface area contributed by atoms with Crippen molar-refractivity contribution < 1.29 is 13.2 Å². The van der Waals surface area contributed by atoms with Crippen molar-refractivity contribution in [1.29, 1.82) is 0 Å². The topological polar surface area (TPSA) is 93.7 Å². The Kier molecular flexibility index (Phi) is 3.25. The number of nitrogens with zero attached hydrogens (tertiary/aromatic N) is 4. The van der Waals surface area contributed by atoms with Crippen LogP contribution in [0.5, 0.6) is 0 Å². The second-order valence-electron chi connectivity index (χ2n) is 3.63. The molecule has 2 aromatic rings. The lowest BCUT2D eigenvalue weighted by Gasteiger charge is -2.10. The Labute approximate surface area is 105 Å². The molecule has 0 fully saturated rings. The summed E-state index contributed by atoms with van der Waals surface area (Å²) in [6.07, 6.45) is -1.62. The molecule has 0 bridgehead atoms. The number of hydrogen-bond donors (Lipinski definition) is 3. The van der Waals surface area contributed by atoms with Gasteiger partial charge in [0.15, 0.2) is 0 Å². The lowest BCUT2D eigenvalue weighted by Crippen LogP contribution is -2.16. The smallest absolute Gasteiger partial charge is 0.337 e. The predicted molar refractivity (Wildman–Crippen MR) is 61.3 cm³/mol. The number of hydrogen-bond acceptors (Lipinski definition) is 6. The van der Waals surface area contributed by atoms with E-state index in [1.165, 1.54) is 16.9 Å². The maximum atomic E-state index is 12.6. The molecule has 2 rings (SSSR count). The Morgan fingerprint density at radius 2 is 1.95 bits per heavy atom. The van der Waals surface area contributed by atoms with Gasteiger partial charge in [-0.2, -0.15) is 18.3 Å². The van der Waals surface area contributed by atoms with Crippen molar-refractivity contribution in [1.82, 2.24) is 19.7 Å².